The largest absolute Gasteiger partial charge is 0.385 e. The summed E-state index contributed by atoms with van der Waals surface area (Å²) in [5, 5.41) is 18.6. The standard InChI is InChI=1S/C8H11N3O3/c12-7(6-1-2-14-11-6)10-5-8(13)3-9-4-8/h1-2,9,13H,3-5H2,(H,10,12). The van der Waals surface area contributed by atoms with Gasteiger partial charge in [-0.3, -0.25) is 4.79 Å². The third-order valence-electron chi connectivity index (χ3n) is 2.16. The number of nitrogens with one attached hydrogen (secondary N) is 2. The molecule has 3 N–H and O–H groups in total. The molecule has 0 radical (unpaired) electrons. The highest BCUT2D eigenvalue weighted by molar-refractivity contribution is 5.91. The van der Waals surface area contributed by atoms with Gasteiger partial charge in [0.05, 0.1) is 0 Å². The molecule has 1 aromatic heterocycles. The first kappa shape index (κ1) is 9.17. The van der Waals surface area contributed by atoms with Crippen LogP contribution in [0.1, 0.15) is 10.5 Å². The van der Waals surface area contributed by atoms with Crippen molar-refractivity contribution >= 4 is 5.91 Å². The second-order valence-corrected chi connectivity index (χ2v) is 3.40. The van der Waals surface area contributed by atoms with Crippen LogP contribution in [-0.2, 0) is 0 Å². The first-order chi connectivity index (χ1) is 6.70. The first-order valence-electron chi connectivity index (χ1n) is 4.31. The first-order valence-corrected chi connectivity index (χ1v) is 4.31. The summed E-state index contributed by atoms with van der Waals surface area (Å²) < 4.78 is 4.52. The number of β-amino-alcohol motifs (C(OH)–C–C–N with tert-alkyl or cyclic N) is 1. The van der Waals surface area contributed by atoms with E-state index in [2.05, 4.69) is 20.3 Å². The SMILES string of the molecule is O=C(NCC1(O)CNC1)c1ccon1. The Bertz CT molecular complexity index is 319. The molecule has 1 aromatic rings. The third-order valence-corrected chi connectivity index (χ3v) is 2.16. The predicted octanol–water partition coefficient (Wildman–Crippen LogP) is -1.26. The summed E-state index contributed by atoms with van der Waals surface area (Å²) in [6.45, 7) is 1.24. The van der Waals surface area contributed by atoms with Crippen molar-refractivity contribution in [3.05, 3.63) is 18.0 Å². The van der Waals surface area contributed by atoms with Crippen LogP contribution in [0.5, 0.6) is 0 Å². The second-order valence-electron chi connectivity index (χ2n) is 3.40. The van der Waals surface area contributed by atoms with Gasteiger partial charge in [0.1, 0.15) is 11.9 Å². The summed E-state index contributed by atoms with van der Waals surface area (Å²) in [6, 6.07) is 1.47. The molecule has 0 unspecified atom stereocenters. The van der Waals surface area contributed by atoms with Crippen molar-refractivity contribution in [2.75, 3.05) is 19.6 Å². The highest BCUT2D eigenvalue weighted by Gasteiger charge is 2.34. The van der Waals surface area contributed by atoms with Crippen molar-refractivity contribution < 1.29 is 14.4 Å². The predicted molar refractivity (Wildman–Crippen MR) is 46.7 cm³/mol. The van der Waals surface area contributed by atoms with Gasteiger partial charge >= 0.3 is 0 Å². The van der Waals surface area contributed by atoms with Crippen LogP contribution in [0.3, 0.4) is 0 Å². The van der Waals surface area contributed by atoms with E-state index < -0.39 is 5.60 Å². The lowest BCUT2D eigenvalue weighted by Gasteiger charge is -2.37. The summed E-state index contributed by atoms with van der Waals surface area (Å²) in [6.07, 6.45) is 1.33. The van der Waals surface area contributed by atoms with Crippen LogP contribution in [0.4, 0.5) is 0 Å². The van der Waals surface area contributed by atoms with Gasteiger partial charge in [-0.15, -0.1) is 0 Å². The Morgan fingerprint density at radius 1 is 1.79 bits per heavy atom. The summed E-state index contributed by atoms with van der Waals surface area (Å²) in [7, 11) is 0. The van der Waals surface area contributed by atoms with E-state index in [1.807, 2.05) is 0 Å². The average molecular weight is 197 g/mol. The highest BCUT2D eigenvalue weighted by Crippen LogP contribution is 2.08. The Balaban J connectivity index is 1.84. The smallest absolute Gasteiger partial charge is 0.273 e. The molecule has 1 saturated heterocycles. The molecular formula is C8H11N3O3. The van der Waals surface area contributed by atoms with Gasteiger partial charge in [-0.1, -0.05) is 5.16 Å². The maximum absolute atomic E-state index is 11.3. The van der Waals surface area contributed by atoms with Gasteiger partial charge in [0.2, 0.25) is 0 Å². The molecule has 1 aliphatic rings. The van der Waals surface area contributed by atoms with E-state index in [-0.39, 0.29) is 18.1 Å². The van der Waals surface area contributed by atoms with Crippen molar-refractivity contribution in [3.63, 3.8) is 0 Å². The number of nitrogens with zero attached hydrogens (tertiary/aromatic N) is 1. The van der Waals surface area contributed by atoms with E-state index >= 15 is 0 Å². The van der Waals surface area contributed by atoms with Crippen LogP contribution in [0.25, 0.3) is 0 Å². The molecule has 0 aliphatic carbocycles. The van der Waals surface area contributed by atoms with E-state index in [0.29, 0.717) is 13.1 Å². The zero-order valence-corrected chi connectivity index (χ0v) is 7.49. The molecular weight excluding hydrogens is 186 g/mol. The lowest BCUT2D eigenvalue weighted by atomic mass is 9.97. The van der Waals surface area contributed by atoms with E-state index in [1.54, 1.807) is 0 Å². The number of aromatic nitrogens is 1. The summed E-state index contributed by atoms with van der Waals surface area (Å²) in [4.78, 5) is 11.3. The van der Waals surface area contributed by atoms with Crippen LogP contribution in [0, 0.1) is 0 Å². The van der Waals surface area contributed by atoms with Crippen molar-refractivity contribution in [1.29, 1.82) is 0 Å². The Kier molecular flexibility index (Phi) is 2.22. The molecule has 14 heavy (non-hydrogen) atoms. The number of amides is 1. The summed E-state index contributed by atoms with van der Waals surface area (Å²) in [5.74, 6) is -0.334. The average Bonchev–Trinajstić information content (AvgIpc) is 2.63. The number of hydrogen-bond acceptors (Lipinski definition) is 5. The number of aliphatic hydroxyl groups is 1. The van der Waals surface area contributed by atoms with E-state index in [9.17, 15) is 9.90 Å². The van der Waals surface area contributed by atoms with Gasteiger partial charge in [-0.2, -0.15) is 0 Å². The van der Waals surface area contributed by atoms with Crippen LogP contribution >= 0.6 is 0 Å². The highest BCUT2D eigenvalue weighted by atomic mass is 16.5. The molecule has 0 aromatic carbocycles. The lowest BCUT2D eigenvalue weighted by molar-refractivity contribution is -0.00766. The normalized spacial score (nSPS) is 18.6. The zero-order valence-electron chi connectivity index (χ0n) is 7.49. The van der Waals surface area contributed by atoms with E-state index in [4.69, 9.17) is 0 Å². The fourth-order valence-electron chi connectivity index (χ4n) is 1.20. The van der Waals surface area contributed by atoms with Crippen molar-refractivity contribution in [3.8, 4) is 0 Å². The molecule has 0 saturated carbocycles. The molecule has 6 heteroatoms. The van der Waals surface area contributed by atoms with Crippen LogP contribution in [-0.4, -0.2) is 41.4 Å². The third kappa shape index (κ3) is 1.75. The topological polar surface area (TPSA) is 87.4 Å². The molecule has 0 spiro atoms. The molecule has 2 heterocycles. The number of rotatable bonds is 3. The van der Waals surface area contributed by atoms with E-state index in [1.165, 1.54) is 12.3 Å². The molecule has 1 aliphatic heterocycles. The van der Waals surface area contributed by atoms with Gasteiger partial charge in [0.25, 0.3) is 5.91 Å². The Morgan fingerprint density at radius 3 is 3.07 bits per heavy atom. The zero-order chi connectivity index (χ0) is 10.0. The van der Waals surface area contributed by atoms with Crippen molar-refractivity contribution in [1.82, 2.24) is 15.8 Å². The molecule has 0 atom stereocenters. The quantitative estimate of drug-likeness (QED) is 0.563. The molecule has 76 valence electrons. The maximum atomic E-state index is 11.3. The van der Waals surface area contributed by atoms with Gasteiger partial charge in [0.15, 0.2) is 5.69 Å². The van der Waals surface area contributed by atoms with Crippen LogP contribution in [0.15, 0.2) is 16.9 Å². The fraction of sp³-hybridized carbons (Fsp3) is 0.500. The van der Waals surface area contributed by atoms with Crippen LogP contribution in [0.2, 0.25) is 0 Å². The number of hydrogen-bond donors (Lipinski definition) is 3. The van der Waals surface area contributed by atoms with Crippen molar-refractivity contribution in [2.45, 2.75) is 5.60 Å². The number of carbonyl (C=O) groups excluding carboxylic acids is 1. The monoisotopic (exact) mass is 197 g/mol. The molecule has 1 fully saturated rings. The minimum atomic E-state index is -0.806. The lowest BCUT2D eigenvalue weighted by Crippen LogP contribution is -2.64. The van der Waals surface area contributed by atoms with Gasteiger partial charge < -0.3 is 20.3 Å². The second kappa shape index (κ2) is 3.39. The van der Waals surface area contributed by atoms with Gasteiger partial charge in [0, 0.05) is 25.7 Å². The fourth-order valence-corrected chi connectivity index (χ4v) is 1.20. The molecule has 2 rings (SSSR count). The summed E-state index contributed by atoms with van der Waals surface area (Å²) >= 11 is 0. The molecule has 1 amide bonds. The minimum Gasteiger partial charge on any atom is -0.385 e. The molecule has 0 bridgehead atoms. The van der Waals surface area contributed by atoms with Crippen molar-refractivity contribution in [2.24, 2.45) is 0 Å². The minimum absolute atomic E-state index is 0.223. The van der Waals surface area contributed by atoms with Gasteiger partial charge in [-0.25, -0.2) is 0 Å². The summed E-state index contributed by atoms with van der Waals surface area (Å²) in [5.41, 5.74) is -0.583. The van der Waals surface area contributed by atoms with Gasteiger partial charge in [-0.05, 0) is 0 Å². The Morgan fingerprint density at radius 2 is 2.57 bits per heavy atom. The van der Waals surface area contributed by atoms with Crippen LogP contribution < -0.4 is 10.6 Å². The Hall–Kier alpha value is -1.40. The number of carbonyl (C=O) groups is 1. The Labute approximate surface area is 80.3 Å². The van der Waals surface area contributed by atoms with E-state index in [0.717, 1.165) is 0 Å². The molecule has 6 nitrogen and oxygen atoms in total. The maximum Gasteiger partial charge on any atom is 0.273 e.